The van der Waals surface area contributed by atoms with E-state index in [1.54, 1.807) is 24.3 Å². The fourth-order valence-electron chi connectivity index (χ4n) is 4.14. The summed E-state index contributed by atoms with van der Waals surface area (Å²) in [6.45, 7) is 0.148. The molecule has 0 spiro atoms. The zero-order valence-corrected chi connectivity index (χ0v) is 22.3. The van der Waals surface area contributed by atoms with Gasteiger partial charge in [-0.3, -0.25) is 14.2 Å². The van der Waals surface area contributed by atoms with Crippen LogP contribution in [0.5, 0.6) is 0 Å². The van der Waals surface area contributed by atoms with Crippen LogP contribution in [-0.2, 0) is 14.3 Å². The monoisotopic (exact) mass is 576 g/mol. The number of amides is 3. The largest absolute Gasteiger partial charge is 0.465 e. The Morgan fingerprint density at radius 3 is 2.36 bits per heavy atom. The number of nitrogens with one attached hydrogen (secondary N) is 2. The summed E-state index contributed by atoms with van der Waals surface area (Å²) in [5, 5.41) is 5.77. The molecule has 1 aliphatic rings. The highest BCUT2D eigenvalue weighted by Crippen LogP contribution is 2.25. The van der Waals surface area contributed by atoms with Gasteiger partial charge in [0, 0.05) is 43.0 Å². The van der Waals surface area contributed by atoms with E-state index in [9.17, 15) is 19.2 Å². The molecule has 2 unspecified atom stereocenters. The Labute approximate surface area is 232 Å². The van der Waals surface area contributed by atoms with Crippen LogP contribution in [0, 0.1) is 5.82 Å². The van der Waals surface area contributed by atoms with E-state index >= 15 is 4.39 Å². The lowest BCUT2D eigenvalue weighted by Crippen LogP contribution is -2.45. The minimum absolute atomic E-state index is 0.0543. The van der Waals surface area contributed by atoms with Gasteiger partial charge < -0.3 is 25.0 Å². The van der Waals surface area contributed by atoms with E-state index in [0.29, 0.717) is 10.7 Å². The van der Waals surface area contributed by atoms with E-state index < -0.39 is 41.4 Å². The summed E-state index contributed by atoms with van der Waals surface area (Å²) in [5.74, 6) is -2.37. The average Bonchev–Trinajstić information content (AvgIpc) is 3.37. The van der Waals surface area contributed by atoms with Crippen LogP contribution in [0.15, 0.2) is 59.5 Å². The van der Waals surface area contributed by atoms with Gasteiger partial charge in [-0.25, -0.2) is 14.0 Å². The summed E-state index contributed by atoms with van der Waals surface area (Å²) in [5.41, 5.74) is -0.717. The van der Waals surface area contributed by atoms with Crippen molar-refractivity contribution in [2.75, 3.05) is 31.4 Å². The normalized spacial score (nSPS) is 16.6. The Hall–Kier alpha value is -3.93. The third-order valence-electron chi connectivity index (χ3n) is 6.13. The molecule has 1 aliphatic heterocycles. The van der Waals surface area contributed by atoms with E-state index in [1.807, 2.05) is 0 Å². The summed E-state index contributed by atoms with van der Waals surface area (Å²) in [4.78, 5) is 52.0. The van der Waals surface area contributed by atoms with Gasteiger partial charge in [0.1, 0.15) is 17.4 Å². The number of methoxy groups -OCH3 is 2. The molecule has 39 heavy (non-hydrogen) atoms. The van der Waals surface area contributed by atoms with E-state index in [2.05, 4.69) is 15.4 Å². The molecule has 204 valence electrons. The zero-order valence-electron chi connectivity index (χ0n) is 20.7. The van der Waals surface area contributed by atoms with Gasteiger partial charge in [0.25, 0.3) is 5.56 Å². The van der Waals surface area contributed by atoms with E-state index in [-0.39, 0.29) is 34.9 Å². The van der Waals surface area contributed by atoms with Crippen LogP contribution < -0.4 is 16.2 Å². The molecule has 1 saturated heterocycles. The first-order valence-corrected chi connectivity index (χ1v) is 12.3. The first-order valence-electron chi connectivity index (χ1n) is 11.6. The number of aromatic nitrogens is 1. The molecule has 1 fully saturated rings. The number of likely N-dealkylation sites (tertiary alicyclic amines) is 1. The van der Waals surface area contributed by atoms with Crippen molar-refractivity contribution in [1.82, 2.24) is 9.47 Å². The number of anilines is 2. The molecule has 2 heterocycles. The van der Waals surface area contributed by atoms with Crippen LogP contribution in [0.2, 0.25) is 10.0 Å². The Balaban J connectivity index is 1.54. The molecule has 3 aromatic rings. The van der Waals surface area contributed by atoms with Crippen molar-refractivity contribution < 1.29 is 28.2 Å². The van der Waals surface area contributed by atoms with Crippen molar-refractivity contribution in [3.8, 4) is 5.69 Å². The number of nitrogens with zero attached hydrogens (tertiary/aromatic N) is 2. The van der Waals surface area contributed by atoms with Crippen molar-refractivity contribution in [3.63, 3.8) is 0 Å². The first-order chi connectivity index (χ1) is 18.6. The minimum Gasteiger partial charge on any atom is -0.465 e. The van der Waals surface area contributed by atoms with Gasteiger partial charge >= 0.3 is 12.0 Å². The SMILES string of the molecule is COC(=O)c1cc(Cl)cn(-c2ccc(NC(=O)C3CC(OC)CN3C(=O)Nc3ccc(Cl)cc3)c(F)c2)c1=O. The third kappa shape index (κ3) is 6.22. The second-order valence-electron chi connectivity index (χ2n) is 8.59. The maximum absolute atomic E-state index is 15.1. The summed E-state index contributed by atoms with van der Waals surface area (Å²) in [6.07, 6.45) is 1.02. The second-order valence-corrected chi connectivity index (χ2v) is 9.46. The van der Waals surface area contributed by atoms with E-state index in [0.717, 1.165) is 23.8 Å². The molecule has 1 aromatic heterocycles. The Morgan fingerprint density at radius 1 is 1.00 bits per heavy atom. The number of pyridine rings is 1. The number of rotatable bonds is 6. The van der Waals surface area contributed by atoms with Crippen molar-refractivity contribution in [2.45, 2.75) is 18.6 Å². The van der Waals surface area contributed by atoms with Gasteiger partial charge in [-0.2, -0.15) is 0 Å². The van der Waals surface area contributed by atoms with Gasteiger partial charge in [0.05, 0.1) is 29.6 Å². The molecule has 0 radical (unpaired) electrons. The van der Waals surface area contributed by atoms with Gasteiger partial charge in [0.15, 0.2) is 0 Å². The van der Waals surface area contributed by atoms with E-state index in [4.69, 9.17) is 27.9 Å². The number of esters is 1. The predicted octanol–water partition coefficient (Wildman–Crippen LogP) is 4.33. The number of urea groups is 1. The number of carbonyl (C=O) groups is 3. The summed E-state index contributed by atoms with van der Waals surface area (Å²) >= 11 is 11.9. The number of ether oxygens (including phenoxy) is 2. The summed E-state index contributed by atoms with van der Waals surface area (Å²) < 4.78 is 26.0. The molecule has 2 atom stereocenters. The van der Waals surface area contributed by atoms with Gasteiger partial charge in [-0.15, -0.1) is 0 Å². The van der Waals surface area contributed by atoms with Crippen LogP contribution in [0.4, 0.5) is 20.6 Å². The second kappa shape index (κ2) is 11.9. The van der Waals surface area contributed by atoms with E-state index in [1.165, 1.54) is 30.3 Å². The quantitative estimate of drug-likeness (QED) is 0.421. The first kappa shape index (κ1) is 28.1. The van der Waals surface area contributed by atoms with Crippen molar-refractivity contribution in [2.24, 2.45) is 0 Å². The van der Waals surface area contributed by atoms with Gasteiger partial charge in [-0.1, -0.05) is 23.2 Å². The predicted molar refractivity (Wildman–Crippen MR) is 143 cm³/mol. The maximum atomic E-state index is 15.1. The Bertz CT molecular complexity index is 1480. The highest BCUT2D eigenvalue weighted by atomic mass is 35.5. The van der Waals surface area contributed by atoms with Crippen LogP contribution >= 0.6 is 23.2 Å². The number of hydrogen-bond acceptors (Lipinski definition) is 6. The molecular weight excluding hydrogens is 554 g/mol. The third-order valence-corrected chi connectivity index (χ3v) is 6.59. The minimum atomic E-state index is -0.945. The van der Waals surface area contributed by atoms with Crippen molar-refractivity contribution in [3.05, 3.63) is 86.5 Å². The topological polar surface area (TPSA) is 119 Å². The number of benzene rings is 2. The molecule has 10 nitrogen and oxygen atoms in total. The lowest BCUT2D eigenvalue weighted by Gasteiger charge is -2.24. The molecule has 0 saturated carbocycles. The molecule has 2 N–H and O–H groups in total. The fraction of sp³-hybridized carbons (Fsp3) is 0.231. The standard InChI is InChI=1S/C26H23Cl2FN4O6/c1-38-18-11-22(33(13-18)26(37)30-16-5-3-14(27)4-6-16)23(34)31-21-8-7-17(10-20(21)29)32-12-15(28)9-19(24(32)35)25(36)39-2/h3-10,12,18,22H,11,13H2,1-2H3,(H,30,37)(H,31,34). The van der Waals surface area contributed by atoms with Crippen molar-refractivity contribution >= 4 is 52.5 Å². The lowest BCUT2D eigenvalue weighted by atomic mass is 10.1. The molecular formula is C26H23Cl2FN4O6. The van der Waals surface area contributed by atoms with Crippen LogP contribution in [-0.4, -0.2) is 60.3 Å². The zero-order chi connectivity index (χ0) is 28.3. The molecule has 2 aromatic carbocycles. The smallest absolute Gasteiger partial charge is 0.343 e. The van der Waals surface area contributed by atoms with Gasteiger partial charge in [0.2, 0.25) is 5.91 Å². The maximum Gasteiger partial charge on any atom is 0.343 e. The van der Waals surface area contributed by atoms with Crippen LogP contribution in [0.1, 0.15) is 16.8 Å². The fourth-order valence-corrected chi connectivity index (χ4v) is 4.47. The number of hydrogen-bond donors (Lipinski definition) is 2. The molecule has 3 amide bonds. The van der Waals surface area contributed by atoms with Crippen LogP contribution in [0.25, 0.3) is 5.69 Å². The molecule has 13 heteroatoms. The van der Waals surface area contributed by atoms with Gasteiger partial charge in [-0.05, 0) is 42.5 Å². The summed E-state index contributed by atoms with van der Waals surface area (Å²) in [6, 6.07) is 9.78. The molecule has 0 bridgehead atoms. The molecule has 4 rings (SSSR count). The highest BCUT2D eigenvalue weighted by Gasteiger charge is 2.40. The Morgan fingerprint density at radius 2 is 1.72 bits per heavy atom. The summed E-state index contributed by atoms with van der Waals surface area (Å²) in [7, 11) is 2.59. The highest BCUT2D eigenvalue weighted by molar-refractivity contribution is 6.31. The lowest BCUT2D eigenvalue weighted by molar-refractivity contribution is -0.119. The Kier molecular flexibility index (Phi) is 8.54. The number of halogens is 3. The number of carbonyl (C=O) groups excluding carboxylic acids is 3. The average molecular weight is 577 g/mol. The van der Waals surface area contributed by atoms with Crippen molar-refractivity contribution in [1.29, 1.82) is 0 Å². The van der Waals surface area contributed by atoms with Crippen LogP contribution in [0.3, 0.4) is 0 Å². The molecule has 0 aliphatic carbocycles.